The van der Waals surface area contributed by atoms with Gasteiger partial charge in [-0.2, -0.15) is 4.31 Å². The van der Waals surface area contributed by atoms with Crippen molar-refractivity contribution in [2.24, 2.45) is 5.73 Å². The van der Waals surface area contributed by atoms with Gasteiger partial charge in [-0.15, -0.1) is 11.3 Å². The van der Waals surface area contributed by atoms with Crippen LogP contribution < -0.4 is 16.4 Å². The summed E-state index contributed by atoms with van der Waals surface area (Å²) in [6, 6.07) is 17.3. The van der Waals surface area contributed by atoms with Gasteiger partial charge in [0.15, 0.2) is 6.17 Å². The second kappa shape index (κ2) is 10.6. The summed E-state index contributed by atoms with van der Waals surface area (Å²) in [5, 5.41) is 7.23. The summed E-state index contributed by atoms with van der Waals surface area (Å²) in [6.45, 7) is 2.51. The summed E-state index contributed by atoms with van der Waals surface area (Å²) in [4.78, 5) is 27.8. The molecule has 1 atom stereocenters. The van der Waals surface area contributed by atoms with Gasteiger partial charge in [0.1, 0.15) is 4.21 Å². The van der Waals surface area contributed by atoms with Crippen molar-refractivity contribution in [3.8, 4) is 0 Å². The monoisotopic (exact) mass is 513 g/mol. The molecule has 4 rings (SSSR count). The lowest BCUT2D eigenvalue weighted by molar-refractivity contribution is -0.127. The maximum atomic E-state index is 13.4. The summed E-state index contributed by atoms with van der Waals surface area (Å²) in [5.74, 6) is -0.583. The molecule has 9 nitrogen and oxygen atoms in total. The van der Waals surface area contributed by atoms with E-state index in [0.29, 0.717) is 12.2 Å². The quantitative estimate of drug-likeness (QED) is 0.448. The minimum absolute atomic E-state index is 0.00220. The highest BCUT2D eigenvalue weighted by atomic mass is 32.2. The van der Waals surface area contributed by atoms with Gasteiger partial charge in [0, 0.05) is 31.9 Å². The summed E-state index contributed by atoms with van der Waals surface area (Å²) in [5.41, 5.74) is 8.96. The number of urea groups is 1. The molecule has 3 aromatic rings. The van der Waals surface area contributed by atoms with Crippen LogP contribution in [0.3, 0.4) is 0 Å². The fourth-order valence-electron chi connectivity index (χ4n) is 3.93. The Bertz CT molecular complexity index is 1310. The molecular formula is C24H27N5O4S2. The Morgan fingerprint density at radius 2 is 1.83 bits per heavy atom. The van der Waals surface area contributed by atoms with Gasteiger partial charge in [-0.3, -0.25) is 9.69 Å². The molecule has 0 radical (unpaired) electrons. The Kier molecular flexibility index (Phi) is 7.51. The zero-order valence-corrected chi connectivity index (χ0v) is 20.8. The third-order valence-corrected chi connectivity index (χ3v) is 8.87. The predicted molar refractivity (Wildman–Crippen MR) is 135 cm³/mol. The van der Waals surface area contributed by atoms with Crippen molar-refractivity contribution in [1.29, 1.82) is 0 Å². The number of aryl methyl sites for hydroxylation is 1. The van der Waals surface area contributed by atoms with Crippen molar-refractivity contribution in [3.63, 3.8) is 0 Å². The van der Waals surface area contributed by atoms with E-state index in [1.54, 1.807) is 23.6 Å². The van der Waals surface area contributed by atoms with Gasteiger partial charge in [0.05, 0.1) is 0 Å². The van der Waals surface area contributed by atoms with E-state index in [2.05, 4.69) is 10.6 Å². The third kappa shape index (κ3) is 5.54. The van der Waals surface area contributed by atoms with E-state index < -0.39 is 28.1 Å². The van der Waals surface area contributed by atoms with E-state index in [4.69, 9.17) is 5.73 Å². The molecule has 0 aliphatic carbocycles. The lowest BCUT2D eigenvalue weighted by atomic mass is 10.1. The zero-order chi connectivity index (χ0) is 25.0. The average Bonchev–Trinajstić information content (AvgIpc) is 3.54. The van der Waals surface area contributed by atoms with E-state index >= 15 is 0 Å². The minimum Gasteiger partial charge on any atom is -0.349 e. The zero-order valence-electron chi connectivity index (χ0n) is 19.2. The SMILES string of the molecule is Cc1cccc(NC(=O)N2CCN(S(=O)(=O)c3cccs3)C2C(=O)NCc2cccc(CN)c2)c1. The van der Waals surface area contributed by atoms with Gasteiger partial charge >= 0.3 is 6.03 Å². The Morgan fingerprint density at radius 1 is 1.06 bits per heavy atom. The van der Waals surface area contributed by atoms with E-state index in [9.17, 15) is 18.0 Å². The maximum Gasteiger partial charge on any atom is 0.323 e. The first-order valence-corrected chi connectivity index (χ1v) is 13.4. The lowest BCUT2D eigenvalue weighted by Gasteiger charge is -2.28. The molecule has 1 saturated heterocycles. The van der Waals surface area contributed by atoms with Crippen molar-refractivity contribution < 1.29 is 18.0 Å². The second-order valence-electron chi connectivity index (χ2n) is 8.16. The van der Waals surface area contributed by atoms with Gasteiger partial charge in [-0.05, 0) is 47.2 Å². The average molecular weight is 514 g/mol. The summed E-state index contributed by atoms with van der Waals surface area (Å²) >= 11 is 1.07. The van der Waals surface area contributed by atoms with Gasteiger partial charge in [0.25, 0.3) is 15.9 Å². The highest BCUT2D eigenvalue weighted by Crippen LogP contribution is 2.28. The fraction of sp³-hybridized carbons (Fsp3) is 0.250. The maximum absolute atomic E-state index is 13.4. The number of rotatable bonds is 7. The van der Waals surface area contributed by atoms with Crippen molar-refractivity contribution in [3.05, 3.63) is 82.7 Å². The molecule has 0 saturated carbocycles. The van der Waals surface area contributed by atoms with Crippen LogP contribution >= 0.6 is 11.3 Å². The number of hydrogen-bond donors (Lipinski definition) is 3. The van der Waals surface area contributed by atoms with Crippen molar-refractivity contribution in [2.75, 3.05) is 18.4 Å². The number of sulfonamides is 1. The largest absolute Gasteiger partial charge is 0.349 e. The number of carbonyl (C=O) groups is 2. The first-order valence-electron chi connectivity index (χ1n) is 11.0. The van der Waals surface area contributed by atoms with E-state index in [1.807, 2.05) is 43.3 Å². The first kappa shape index (κ1) is 24.9. The van der Waals surface area contributed by atoms with Gasteiger partial charge < -0.3 is 16.4 Å². The normalized spacial score (nSPS) is 16.3. The molecule has 1 unspecified atom stereocenters. The Labute approximate surface area is 208 Å². The van der Waals surface area contributed by atoms with E-state index in [0.717, 1.165) is 32.3 Å². The summed E-state index contributed by atoms with van der Waals surface area (Å²) in [7, 11) is -3.98. The van der Waals surface area contributed by atoms with Crippen LogP contribution in [0.1, 0.15) is 16.7 Å². The lowest BCUT2D eigenvalue weighted by Crippen LogP contribution is -2.54. The molecule has 2 heterocycles. The molecule has 1 aromatic heterocycles. The molecule has 184 valence electrons. The number of hydrogen-bond acceptors (Lipinski definition) is 6. The van der Waals surface area contributed by atoms with E-state index in [-0.39, 0.29) is 23.8 Å². The smallest absolute Gasteiger partial charge is 0.323 e. The predicted octanol–water partition coefficient (Wildman–Crippen LogP) is 2.70. The molecule has 35 heavy (non-hydrogen) atoms. The topological polar surface area (TPSA) is 125 Å². The molecular weight excluding hydrogens is 486 g/mol. The second-order valence-corrected chi connectivity index (χ2v) is 11.2. The molecule has 4 N–H and O–H groups in total. The fourth-order valence-corrected chi connectivity index (χ4v) is 6.60. The molecule has 11 heteroatoms. The molecule has 0 bridgehead atoms. The van der Waals surface area contributed by atoms with Crippen LogP contribution in [0, 0.1) is 6.92 Å². The highest BCUT2D eigenvalue weighted by Gasteiger charge is 2.46. The summed E-state index contributed by atoms with van der Waals surface area (Å²) < 4.78 is 27.8. The number of nitrogens with zero attached hydrogens (tertiary/aromatic N) is 2. The first-order chi connectivity index (χ1) is 16.8. The number of carbonyl (C=O) groups excluding carboxylic acids is 2. The Morgan fingerprint density at radius 3 is 2.54 bits per heavy atom. The number of amides is 3. The van der Waals surface area contributed by atoms with Gasteiger partial charge in [-0.1, -0.05) is 42.5 Å². The van der Waals surface area contributed by atoms with E-state index in [1.165, 1.54) is 11.0 Å². The van der Waals surface area contributed by atoms with Crippen molar-refractivity contribution in [1.82, 2.24) is 14.5 Å². The van der Waals surface area contributed by atoms with Crippen LogP contribution in [0.25, 0.3) is 0 Å². The number of anilines is 1. The standard InChI is InChI=1S/C24H27N5O4S2/c1-17-5-2-8-20(13-17)27-24(31)28-10-11-29(35(32,33)21-9-4-12-34-21)23(28)22(30)26-16-19-7-3-6-18(14-19)15-25/h2-9,12-14,23H,10-11,15-16,25H2,1H3,(H,26,30)(H,27,31). The summed E-state index contributed by atoms with van der Waals surface area (Å²) in [6.07, 6.45) is -1.33. The molecule has 1 fully saturated rings. The molecule has 0 spiro atoms. The third-order valence-electron chi connectivity index (χ3n) is 5.65. The van der Waals surface area contributed by atoms with Crippen LogP contribution in [-0.4, -0.2) is 48.8 Å². The number of nitrogens with one attached hydrogen (secondary N) is 2. The number of benzene rings is 2. The van der Waals surface area contributed by atoms with Crippen LogP contribution in [0.15, 0.2) is 70.3 Å². The molecule has 3 amide bonds. The van der Waals surface area contributed by atoms with Crippen LogP contribution in [0.2, 0.25) is 0 Å². The Balaban J connectivity index is 1.59. The van der Waals surface area contributed by atoms with Crippen LogP contribution in [0.5, 0.6) is 0 Å². The number of nitrogens with two attached hydrogens (primary N) is 1. The highest BCUT2D eigenvalue weighted by molar-refractivity contribution is 7.91. The van der Waals surface area contributed by atoms with Gasteiger partial charge in [-0.25, -0.2) is 13.2 Å². The number of thiophene rings is 1. The van der Waals surface area contributed by atoms with Gasteiger partial charge in [0.2, 0.25) is 0 Å². The van der Waals surface area contributed by atoms with Crippen LogP contribution in [-0.2, 0) is 27.9 Å². The molecule has 1 aliphatic rings. The van der Waals surface area contributed by atoms with Crippen LogP contribution in [0.4, 0.5) is 10.5 Å². The molecule has 1 aliphatic heterocycles. The molecule has 2 aromatic carbocycles. The Hall–Kier alpha value is -3.25. The van der Waals surface area contributed by atoms with Crippen molar-refractivity contribution >= 4 is 39.0 Å². The minimum atomic E-state index is -3.98. The van der Waals surface area contributed by atoms with Crippen molar-refractivity contribution in [2.45, 2.75) is 30.4 Å².